The summed E-state index contributed by atoms with van der Waals surface area (Å²) in [5, 5.41) is 8.36. The molecule has 0 saturated carbocycles. The molecule has 0 bridgehead atoms. The van der Waals surface area contributed by atoms with Crippen LogP contribution < -0.4 is 4.74 Å². The first-order valence-electron chi connectivity index (χ1n) is 5.78. The Kier molecular flexibility index (Phi) is 2.68. The van der Waals surface area contributed by atoms with Gasteiger partial charge in [-0.3, -0.25) is 4.40 Å². The number of pyridine rings is 1. The van der Waals surface area contributed by atoms with Crippen LogP contribution in [0.2, 0.25) is 0 Å². The van der Waals surface area contributed by atoms with Crippen molar-refractivity contribution in [2.24, 2.45) is 0 Å². The predicted molar refractivity (Wildman–Crippen MR) is 68.8 cm³/mol. The molecule has 2 aromatic heterocycles. The van der Waals surface area contributed by atoms with Crippen LogP contribution in [-0.2, 0) is 6.42 Å². The fraction of sp³-hybridized carbons (Fsp3) is 0.143. The van der Waals surface area contributed by atoms with Crippen molar-refractivity contribution in [3.63, 3.8) is 0 Å². The van der Waals surface area contributed by atoms with Gasteiger partial charge in [0.2, 0.25) is 0 Å². The Morgan fingerprint density at radius 3 is 2.94 bits per heavy atom. The van der Waals surface area contributed by atoms with Crippen LogP contribution in [0.3, 0.4) is 0 Å². The highest BCUT2D eigenvalue weighted by Gasteiger charge is 2.05. The van der Waals surface area contributed by atoms with Crippen molar-refractivity contribution in [2.75, 3.05) is 7.11 Å². The molecule has 0 aliphatic rings. The molecule has 0 saturated heterocycles. The number of hydrogen-bond donors (Lipinski definition) is 0. The molecule has 90 valence electrons. The predicted octanol–water partition coefficient (Wildman–Crippen LogP) is 2.33. The minimum absolute atomic E-state index is 0.738. The Hall–Kier alpha value is -2.36. The molecule has 3 aromatic rings. The third kappa shape index (κ3) is 1.93. The summed E-state index contributed by atoms with van der Waals surface area (Å²) in [4.78, 5) is 0. The Morgan fingerprint density at radius 1 is 1.11 bits per heavy atom. The van der Waals surface area contributed by atoms with E-state index in [-0.39, 0.29) is 0 Å². The SMILES string of the molecule is COc1cccc(Cc2nnc3ccccn23)c1. The maximum atomic E-state index is 5.22. The Morgan fingerprint density at radius 2 is 2.06 bits per heavy atom. The molecular weight excluding hydrogens is 226 g/mol. The molecule has 0 N–H and O–H groups in total. The maximum Gasteiger partial charge on any atom is 0.160 e. The fourth-order valence-electron chi connectivity index (χ4n) is 1.98. The second-order valence-electron chi connectivity index (χ2n) is 4.07. The van der Waals surface area contributed by atoms with Gasteiger partial charge >= 0.3 is 0 Å². The van der Waals surface area contributed by atoms with Crippen LogP contribution in [0, 0.1) is 0 Å². The van der Waals surface area contributed by atoms with Crippen LogP contribution in [-0.4, -0.2) is 21.7 Å². The van der Waals surface area contributed by atoms with Crippen molar-refractivity contribution >= 4 is 5.65 Å². The van der Waals surface area contributed by atoms with E-state index in [9.17, 15) is 0 Å². The standard InChI is InChI=1S/C14H13N3O/c1-18-12-6-4-5-11(9-12)10-14-16-15-13-7-2-3-8-17(13)14/h2-9H,10H2,1H3. The largest absolute Gasteiger partial charge is 0.497 e. The average molecular weight is 239 g/mol. The monoisotopic (exact) mass is 239 g/mol. The maximum absolute atomic E-state index is 5.22. The molecule has 18 heavy (non-hydrogen) atoms. The van der Waals surface area contributed by atoms with Gasteiger partial charge in [-0.1, -0.05) is 18.2 Å². The van der Waals surface area contributed by atoms with Gasteiger partial charge in [0.15, 0.2) is 5.65 Å². The van der Waals surface area contributed by atoms with Crippen LogP contribution in [0.15, 0.2) is 48.7 Å². The lowest BCUT2D eigenvalue weighted by Crippen LogP contribution is -1.96. The quantitative estimate of drug-likeness (QED) is 0.704. The van der Waals surface area contributed by atoms with Gasteiger partial charge in [-0.25, -0.2) is 0 Å². The second kappa shape index (κ2) is 4.49. The number of benzene rings is 1. The summed E-state index contributed by atoms with van der Waals surface area (Å²) >= 11 is 0. The lowest BCUT2D eigenvalue weighted by Gasteiger charge is -2.03. The van der Waals surface area contributed by atoms with E-state index in [4.69, 9.17) is 4.74 Å². The molecule has 3 rings (SSSR count). The molecule has 1 aromatic carbocycles. The van der Waals surface area contributed by atoms with Gasteiger partial charge in [-0.2, -0.15) is 0 Å². The molecule has 0 amide bonds. The van der Waals surface area contributed by atoms with E-state index >= 15 is 0 Å². The van der Waals surface area contributed by atoms with E-state index in [0.717, 1.165) is 29.2 Å². The van der Waals surface area contributed by atoms with E-state index in [1.807, 2.05) is 47.0 Å². The summed E-state index contributed by atoms with van der Waals surface area (Å²) in [5.74, 6) is 1.79. The van der Waals surface area contributed by atoms with Gasteiger partial charge in [0.25, 0.3) is 0 Å². The van der Waals surface area contributed by atoms with Crippen LogP contribution in [0.5, 0.6) is 5.75 Å². The normalized spacial score (nSPS) is 10.7. The number of hydrogen-bond acceptors (Lipinski definition) is 3. The van der Waals surface area contributed by atoms with E-state index in [0.29, 0.717) is 0 Å². The molecule has 0 aliphatic heterocycles. The number of rotatable bonds is 3. The van der Waals surface area contributed by atoms with Gasteiger partial charge in [0, 0.05) is 12.6 Å². The van der Waals surface area contributed by atoms with Crippen molar-refractivity contribution in [3.05, 3.63) is 60.0 Å². The first-order chi connectivity index (χ1) is 8.86. The summed E-state index contributed by atoms with van der Waals surface area (Å²) in [6.45, 7) is 0. The molecule has 0 atom stereocenters. The molecule has 0 fully saturated rings. The molecule has 4 nitrogen and oxygen atoms in total. The van der Waals surface area contributed by atoms with Crippen LogP contribution in [0.1, 0.15) is 11.4 Å². The third-order valence-electron chi connectivity index (χ3n) is 2.88. The highest BCUT2D eigenvalue weighted by molar-refractivity contribution is 5.38. The van der Waals surface area contributed by atoms with E-state index in [1.165, 1.54) is 0 Å². The van der Waals surface area contributed by atoms with Crippen LogP contribution in [0.4, 0.5) is 0 Å². The highest BCUT2D eigenvalue weighted by atomic mass is 16.5. The zero-order chi connectivity index (χ0) is 12.4. The molecule has 0 unspecified atom stereocenters. The zero-order valence-corrected chi connectivity index (χ0v) is 10.1. The van der Waals surface area contributed by atoms with Crippen LogP contribution >= 0.6 is 0 Å². The lowest BCUT2D eigenvalue weighted by molar-refractivity contribution is 0.414. The first-order valence-corrected chi connectivity index (χ1v) is 5.78. The minimum atomic E-state index is 0.738. The van der Waals surface area contributed by atoms with Gasteiger partial charge in [-0.05, 0) is 29.8 Å². The summed E-state index contributed by atoms with van der Waals surface area (Å²) in [6.07, 6.45) is 2.72. The van der Waals surface area contributed by atoms with E-state index in [1.54, 1.807) is 7.11 Å². The third-order valence-corrected chi connectivity index (χ3v) is 2.88. The molecule has 0 spiro atoms. The van der Waals surface area contributed by atoms with Gasteiger partial charge in [-0.15, -0.1) is 10.2 Å². The van der Waals surface area contributed by atoms with Gasteiger partial charge < -0.3 is 4.74 Å². The van der Waals surface area contributed by atoms with Crippen molar-refractivity contribution in [2.45, 2.75) is 6.42 Å². The van der Waals surface area contributed by atoms with Crippen molar-refractivity contribution < 1.29 is 4.74 Å². The summed E-state index contributed by atoms with van der Waals surface area (Å²) in [5.41, 5.74) is 2.03. The number of aromatic nitrogens is 3. The van der Waals surface area contributed by atoms with Gasteiger partial charge in [0.1, 0.15) is 11.6 Å². The molecule has 2 heterocycles. The summed E-state index contributed by atoms with van der Waals surface area (Å²) in [7, 11) is 1.67. The number of nitrogens with zero attached hydrogens (tertiary/aromatic N) is 3. The molecule has 0 aliphatic carbocycles. The molecule has 4 heteroatoms. The Bertz CT molecular complexity index is 675. The smallest absolute Gasteiger partial charge is 0.160 e. The Labute approximate surface area is 105 Å². The van der Waals surface area contributed by atoms with Crippen molar-refractivity contribution in [1.82, 2.24) is 14.6 Å². The zero-order valence-electron chi connectivity index (χ0n) is 10.1. The average Bonchev–Trinajstić information content (AvgIpc) is 2.83. The fourth-order valence-corrected chi connectivity index (χ4v) is 1.98. The van der Waals surface area contributed by atoms with Crippen molar-refractivity contribution in [3.8, 4) is 5.75 Å². The summed E-state index contributed by atoms with van der Waals surface area (Å²) in [6, 6.07) is 13.9. The van der Waals surface area contributed by atoms with Crippen LogP contribution in [0.25, 0.3) is 5.65 Å². The number of fused-ring (bicyclic) bond motifs is 1. The second-order valence-corrected chi connectivity index (χ2v) is 4.07. The number of ether oxygens (including phenoxy) is 1. The van der Waals surface area contributed by atoms with Gasteiger partial charge in [0.05, 0.1) is 7.11 Å². The molecule has 0 radical (unpaired) electrons. The topological polar surface area (TPSA) is 39.4 Å². The van der Waals surface area contributed by atoms with E-state index < -0.39 is 0 Å². The Balaban J connectivity index is 1.96. The minimum Gasteiger partial charge on any atom is -0.497 e. The molecular formula is C14H13N3O. The highest BCUT2D eigenvalue weighted by Crippen LogP contribution is 2.15. The first kappa shape index (κ1) is 10.8. The van der Waals surface area contributed by atoms with Crippen molar-refractivity contribution in [1.29, 1.82) is 0 Å². The lowest BCUT2D eigenvalue weighted by atomic mass is 10.1. The summed E-state index contributed by atoms with van der Waals surface area (Å²) < 4.78 is 7.22. The number of methoxy groups -OCH3 is 1. The van der Waals surface area contributed by atoms with E-state index in [2.05, 4.69) is 16.3 Å².